The van der Waals surface area contributed by atoms with E-state index in [1.54, 1.807) is 33.7 Å². The fourth-order valence-corrected chi connectivity index (χ4v) is 1.47. The van der Waals surface area contributed by atoms with Crippen LogP contribution in [-0.4, -0.2) is 26.3 Å². The number of aromatic nitrogens is 1. The Morgan fingerprint density at radius 3 is 1.73 bits per heavy atom. The molecule has 0 bridgehead atoms. The van der Waals surface area contributed by atoms with Crippen molar-refractivity contribution in [1.29, 1.82) is 0 Å². The summed E-state index contributed by atoms with van der Waals surface area (Å²) in [4.78, 5) is 4.15. The van der Waals surface area contributed by atoms with E-state index in [2.05, 4.69) is 4.98 Å². The number of pyridine rings is 1. The first kappa shape index (κ1) is 12.1. The van der Waals surface area contributed by atoms with E-state index in [1.165, 1.54) is 0 Å². The minimum atomic E-state index is 0.545. The molecule has 15 heavy (non-hydrogen) atoms. The van der Waals surface area contributed by atoms with Crippen molar-refractivity contribution < 1.29 is 14.2 Å². The van der Waals surface area contributed by atoms with Crippen LogP contribution in [0, 0.1) is 0 Å². The van der Waals surface area contributed by atoms with Gasteiger partial charge in [0, 0.05) is 44.8 Å². The van der Waals surface area contributed by atoms with E-state index in [-0.39, 0.29) is 0 Å². The minimum absolute atomic E-state index is 0.545. The number of nitrogens with zero attached hydrogens (tertiary/aromatic N) is 1. The second kappa shape index (κ2) is 6.50. The van der Waals surface area contributed by atoms with E-state index in [0.29, 0.717) is 19.8 Å². The Kier molecular flexibility index (Phi) is 5.25. The van der Waals surface area contributed by atoms with Crippen LogP contribution in [0.3, 0.4) is 0 Å². The number of methoxy groups -OCH3 is 3. The molecule has 0 aliphatic heterocycles. The van der Waals surface area contributed by atoms with E-state index in [0.717, 1.165) is 16.7 Å². The Morgan fingerprint density at radius 2 is 1.33 bits per heavy atom. The van der Waals surface area contributed by atoms with Gasteiger partial charge in [-0.25, -0.2) is 0 Å². The van der Waals surface area contributed by atoms with Gasteiger partial charge in [0.1, 0.15) is 0 Å². The monoisotopic (exact) mass is 211 g/mol. The average molecular weight is 211 g/mol. The molecule has 0 N–H and O–H groups in total. The molecule has 1 aromatic rings. The van der Waals surface area contributed by atoms with Gasteiger partial charge in [-0.05, 0) is 5.56 Å². The zero-order valence-electron chi connectivity index (χ0n) is 9.45. The third-order valence-corrected chi connectivity index (χ3v) is 2.12. The summed E-state index contributed by atoms with van der Waals surface area (Å²) in [5, 5.41) is 0. The molecule has 0 fully saturated rings. The molecule has 0 aromatic carbocycles. The Morgan fingerprint density at radius 1 is 0.867 bits per heavy atom. The van der Waals surface area contributed by atoms with Crippen LogP contribution in [0.25, 0.3) is 0 Å². The van der Waals surface area contributed by atoms with Crippen molar-refractivity contribution in [3.05, 3.63) is 29.1 Å². The Hall–Kier alpha value is -0.970. The van der Waals surface area contributed by atoms with Gasteiger partial charge < -0.3 is 14.2 Å². The lowest BCUT2D eigenvalue weighted by Gasteiger charge is -2.12. The molecule has 1 aromatic heterocycles. The second-order valence-corrected chi connectivity index (χ2v) is 3.24. The maximum Gasteiger partial charge on any atom is 0.0731 e. The van der Waals surface area contributed by atoms with Crippen molar-refractivity contribution >= 4 is 0 Å². The third kappa shape index (κ3) is 3.27. The van der Waals surface area contributed by atoms with Gasteiger partial charge in [-0.3, -0.25) is 4.98 Å². The van der Waals surface area contributed by atoms with Crippen LogP contribution in [0.15, 0.2) is 12.4 Å². The normalized spacial score (nSPS) is 10.6. The molecule has 4 nitrogen and oxygen atoms in total. The first-order valence-electron chi connectivity index (χ1n) is 4.75. The van der Waals surface area contributed by atoms with Crippen LogP contribution in [0.1, 0.15) is 16.7 Å². The lowest BCUT2D eigenvalue weighted by Crippen LogP contribution is -2.04. The summed E-state index contributed by atoms with van der Waals surface area (Å²) in [6.07, 6.45) is 3.61. The summed E-state index contributed by atoms with van der Waals surface area (Å²) in [5.74, 6) is 0. The topological polar surface area (TPSA) is 40.6 Å². The SMILES string of the molecule is COCc1cncc(COC)c1COC. The number of rotatable bonds is 6. The van der Waals surface area contributed by atoms with Crippen LogP contribution < -0.4 is 0 Å². The number of hydrogen-bond acceptors (Lipinski definition) is 4. The molecule has 0 aliphatic carbocycles. The quantitative estimate of drug-likeness (QED) is 0.715. The molecule has 0 atom stereocenters. The Bertz CT molecular complexity index is 278. The molecule has 0 saturated carbocycles. The predicted octanol–water partition coefficient (Wildman–Crippen LogP) is 1.52. The zero-order chi connectivity index (χ0) is 11.1. The van der Waals surface area contributed by atoms with E-state index < -0.39 is 0 Å². The molecule has 84 valence electrons. The van der Waals surface area contributed by atoms with E-state index in [1.807, 2.05) is 0 Å². The van der Waals surface area contributed by atoms with E-state index in [4.69, 9.17) is 14.2 Å². The van der Waals surface area contributed by atoms with E-state index >= 15 is 0 Å². The summed E-state index contributed by atoms with van der Waals surface area (Å²) in [6, 6.07) is 0. The van der Waals surface area contributed by atoms with Gasteiger partial charge in [-0.15, -0.1) is 0 Å². The highest BCUT2D eigenvalue weighted by Gasteiger charge is 2.08. The largest absolute Gasteiger partial charge is 0.380 e. The van der Waals surface area contributed by atoms with Crippen molar-refractivity contribution in [2.75, 3.05) is 21.3 Å². The van der Waals surface area contributed by atoms with Crippen molar-refractivity contribution in [2.45, 2.75) is 19.8 Å². The standard InChI is InChI=1S/C11H17NO3/c1-13-6-9-4-12-5-10(7-14-2)11(9)8-15-3/h4-5H,6-8H2,1-3H3. The molecule has 0 amide bonds. The predicted molar refractivity (Wildman–Crippen MR) is 56.4 cm³/mol. The van der Waals surface area contributed by atoms with Crippen molar-refractivity contribution in [1.82, 2.24) is 4.98 Å². The summed E-state index contributed by atoms with van der Waals surface area (Å²) in [7, 11) is 5.01. The third-order valence-electron chi connectivity index (χ3n) is 2.12. The lowest BCUT2D eigenvalue weighted by molar-refractivity contribution is 0.158. The van der Waals surface area contributed by atoms with Gasteiger partial charge in [0.25, 0.3) is 0 Å². The van der Waals surface area contributed by atoms with Crippen molar-refractivity contribution in [3.63, 3.8) is 0 Å². The Labute approximate surface area is 90.2 Å². The summed E-state index contributed by atoms with van der Waals surface area (Å²) in [5.41, 5.74) is 3.21. The fourth-order valence-electron chi connectivity index (χ4n) is 1.47. The molecule has 4 heteroatoms. The number of hydrogen-bond donors (Lipinski definition) is 0. The summed E-state index contributed by atoms with van der Waals surface area (Å²) >= 11 is 0. The zero-order valence-corrected chi connectivity index (χ0v) is 9.45. The smallest absolute Gasteiger partial charge is 0.0731 e. The first-order chi connectivity index (χ1) is 7.33. The molecule has 1 heterocycles. The van der Waals surface area contributed by atoms with Crippen molar-refractivity contribution in [2.24, 2.45) is 0 Å². The van der Waals surface area contributed by atoms with Gasteiger partial charge in [-0.1, -0.05) is 0 Å². The molecular weight excluding hydrogens is 194 g/mol. The first-order valence-corrected chi connectivity index (χ1v) is 4.75. The average Bonchev–Trinajstić information content (AvgIpc) is 2.23. The van der Waals surface area contributed by atoms with Crippen LogP contribution in [0.4, 0.5) is 0 Å². The summed E-state index contributed by atoms with van der Waals surface area (Å²) in [6.45, 7) is 1.65. The van der Waals surface area contributed by atoms with Gasteiger partial charge in [0.15, 0.2) is 0 Å². The highest BCUT2D eigenvalue weighted by Crippen LogP contribution is 2.16. The van der Waals surface area contributed by atoms with Gasteiger partial charge in [0.05, 0.1) is 19.8 Å². The lowest BCUT2D eigenvalue weighted by atomic mass is 10.1. The maximum absolute atomic E-state index is 5.16. The van der Waals surface area contributed by atoms with Crippen LogP contribution >= 0.6 is 0 Å². The van der Waals surface area contributed by atoms with Gasteiger partial charge in [0.2, 0.25) is 0 Å². The van der Waals surface area contributed by atoms with Crippen LogP contribution in [-0.2, 0) is 34.0 Å². The summed E-state index contributed by atoms with van der Waals surface area (Å²) < 4.78 is 15.4. The van der Waals surface area contributed by atoms with Crippen LogP contribution in [0.2, 0.25) is 0 Å². The van der Waals surface area contributed by atoms with Crippen LogP contribution in [0.5, 0.6) is 0 Å². The molecule has 0 unspecified atom stereocenters. The molecule has 0 spiro atoms. The second-order valence-electron chi connectivity index (χ2n) is 3.24. The molecule has 1 rings (SSSR count). The maximum atomic E-state index is 5.16. The highest BCUT2D eigenvalue weighted by molar-refractivity contribution is 5.30. The van der Waals surface area contributed by atoms with Crippen molar-refractivity contribution in [3.8, 4) is 0 Å². The minimum Gasteiger partial charge on any atom is -0.380 e. The highest BCUT2D eigenvalue weighted by atomic mass is 16.5. The molecule has 0 radical (unpaired) electrons. The fraction of sp³-hybridized carbons (Fsp3) is 0.545. The number of ether oxygens (including phenoxy) is 3. The molecular formula is C11H17NO3. The van der Waals surface area contributed by atoms with Gasteiger partial charge in [-0.2, -0.15) is 0 Å². The molecule has 0 aliphatic rings. The van der Waals surface area contributed by atoms with E-state index in [9.17, 15) is 0 Å². The Balaban J connectivity index is 2.97. The molecule has 0 saturated heterocycles. The van der Waals surface area contributed by atoms with Gasteiger partial charge >= 0.3 is 0 Å².